The van der Waals surface area contributed by atoms with Crippen LogP contribution in [-0.4, -0.2) is 11.7 Å². The van der Waals surface area contributed by atoms with E-state index in [1.807, 2.05) is 42.5 Å². The van der Waals surface area contributed by atoms with E-state index in [4.69, 9.17) is 0 Å². The van der Waals surface area contributed by atoms with Crippen LogP contribution in [0.3, 0.4) is 0 Å². The van der Waals surface area contributed by atoms with Crippen molar-refractivity contribution in [3.63, 3.8) is 0 Å². The fraction of sp³-hybridized carbons (Fsp3) is 0.208. The number of aromatic nitrogens is 1. The van der Waals surface area contributed by atoms with E-state index in [1.165, 1.54) is 5.56 Å². The molecule has 1 N–H and O–H groups in total. The van der Waals surface area contributed by atoms with Crippen LogP contribution in [-0.2, 0) is 16.8 Å². The third kappa shape index (κ3) is 4.92. The van der Waals surface area contributed by atoms with Crippen molar-refractivity contribution in [3.8, 4) is 0 Å². The van der Waals surface area contributed by atoms with Crippen LogP contribution in [0.1, 0.15) is 42.3 Å². The summed E-state index contributed by atoms with van der Waals surface area (Å²) in [5.41, 5.74) is 3.32. The summed E-state index contributed by atoms with van der Waals surface area (Å²) in [6, 6.07) is 20.5. The Morgan fingerprint density at radius 1 is 0.821 bits per heavy atom. The first kappa shape index (κ1) is 19.5. The smallest absolute Gasteiger partial charge is 0.290 e. The van der Waals surface area contributed by atoms with Crippen molar-refractivity contribution in [1.82, 2.24) is 0 Å². The van der Waals surface area contributed by atoms with E-state index in [1.54, 1.807) is 41.2 Å². The zero-order valence-corrected chi connectivity index (χ0v) is 16.5. The molecule has 1 heterocycles. The zero-order valence-electron chi connectivity index (χ0n) is 16.5. The predicted molar refractivity (Wildman–Crippen MR) is 110 cm³/mol. The maximum atomic E-state index is 12.4. The minimum atomic E-state index is -0.115. The maximum absolute atomic E-state index is 12.4. The summed E-state index contributed by atoms with van der Waals surface area (Å²) in [5, 5.41) is 2.91. The van der Waals surface area contributed by atoms with Crippen molar-refractivity contribution in [2.24, 2.45) is 0 Å². The standard InChI is InChI=1S/C24H24N2O2/c1-24(2,3)20-9-11-21(12-10-20)25-22(27)17-26-15-13-19(14-16-26)23(28)18-7-5-4-6-8-18/h4-16H,17H2,1-3H3/p+1. The molecule has 1 amide bonds. The molecule has 0 aliphatic carbocycles. The number of amides is 1. The molecule has 4 nitrogen and oxygen atoms in total. The molecule has 0 saturated heterocycles. The lowest BCUT2D eigenvalue weighted by Crippen LogP contribution is -2.39. The Kier molecular flexibility index (Phi) is 5.69. The number of pyridine rings is 1. The van der Waals surface area contributed by atoms with Crippen LogP contribution in [0, 0.1) is 0 Å². The van der Waals surface area contributed by atoms with Gasteiger partial charge in [0.25, 0.3) is 5.91 Å². The van der Waals surface area contributed by atoms with Gasteiger partial charge in [-0.15, -0.1) is 0 Å². The molecule has 0 bridgehead atoms. The predicted octanol–water partition coefficient (Wildman–Crippen LogP) is 4.14. The zero-order chi connectivity index (χ0) is 20.1. The Bertz CT molecular complexity index is 954. The summed E-state index contributed by atoms with van der Waals surface area (Å²) in [6.45, 7) is 6.65. The van der Waals surface area contributed by atoms with E-state index >= 15 is 0 Å². The summed E-state index contributed by atoms with van der Waals surface area (Å²) in [6.07, 6.45) is 3.50. The highest BCUT2D eigenvalue weighted by atomic mass is 16.2. The van der Waals surface area contributed by atoms with Gasteiger partial charge in [0.05, 0.1) is 0 Å². The molecule has 0 radical (unpaired) electrons. The van der Waals surface area contributed by atoms with Crippen molar-refractivity contribution in [2.45, 2.75) is 32.7 Å². The summed E-state index contributed by atoms with van der Waals surface area (Å²) >= 11 is 0. The molecule has 0 fully saturated rings. The van der Waals surface area contributed by atoms with E-state index < -0.39 is 0 Å². The minimum Gasteiger partial charge on any atom is -0.321 e. The number of anilines is 1. The van der Waals surface area contributed by atoms with Crippen molar-refractivity contribution in [2.75, 3.05) is 5.32 Å². The molecule has 0 saturated carbocycles. The van der Waals surface area contributed by atoms with Crippen LogP contribution in [0.4, 0.5) is 5.69 Å². The normalized spacial score (nSPS) is 11.1. The molecule has 3 rings (SSSR count). The number of nitrogens with one attached hydrogen (secondary N) is 1. The van der Waals surface area contributed by atoms with Gasteiger partial charge in [0.2, 0.25) is 6.54 Å². The van der Waals surface area contributed by atoms with Crippen molar-refractivity contribution in [3.05, 3.63) is 95.8 Å². The summed E-state index contributed by atoms with van der Waals surface area (Å²) in [7, 11) is 0. The molecule has 0 atom stereocenters. The van der Waals surface area contributed by atoms with E-state index in [0.717, 1.165) is 5.69 Å². The molecule has 0 aliphatic rings. The molecule has 4 heteroatoms. The van der Waals surface area contributed by atoms with Crippen LogP contribution in [0.15, 0.2) is 79.1 Å². The van der Waals surface area contributed by atoms with Gasteiger partial charge < -0.3 is 5.32 Å². The average molecular weight is 373 g/mol. The highest BCUT2D eigenvalue weighted by Crippen LogP contribution is 2.23. The molecule has 28 heavy (non-hydrogen) atoms. The molecular weight excluding hydrogens is 348 g/mol. The Hall–Kier alpha value is -3.27. The SMILES string of the molecule is CC(C)(C)c1ccc(NC(=O)C[n+]2ccc(C(=O)c3ccccc3)cc2)cc1. The lowest BCUT2D eigenvalue weighted by molar-refractivity contribution is -0.684. The number of rotatable bonds is 5. The number of hydrogen-bond donors (Lipinski definition) is 1. The Labute approximate surface area is 165 Å². The van der Waals surface area contributed by atoms with Gasteiger partial charge in [-0.25, -0.2) is 0 Å². The highest BCUT2D eigenvalue weighted by molar-refractivity contribution is 6.08. The van der Waals surface area contributed by atoms with Gasteiger partial charge in [0, 0.05) is 28.9 Å². The average Bonchev–Trinajstić information content (AvgIpc) is 2.68. The lowest BCUT2D eigenvalue weighted by Gasteiger charge is -2.19. The van der Waals surface area contributed by atoms with Gasteiger partial charge in [-0.2, -0.15) is 4.57 Å². The van der Waals surface area contributed by atoms with Crippen molar-refractivity contribution in [1.29, 1.82) is 0 Å². The number of benzene rings is 2. The number of hydrogen-bond acceptors (Lipinski definition) is 2. The first-order chi connectivity index (χ1) is 13.3. The van der Waals surface area contributed by atoms with Crippen LogP contribution < -0.4 is 9.88 Å². The van der Waals surface area contributed by atoms with Crippen molar-refractivity contribution >= 4 is 17.4 Å². The van der Waals surface area contributed by atoms with Crippen LogP contribution >= 0.6 is 0 Å². The van der Waals surface area contributed by atoms with E-state index in [9.17, 15) is 9.59 Å². The molecule has 1 aromatic heterocycles. The Balaban J connectivity index is 1.61. The van der Waals surface area contributed by atoms with Gasteiger partial charge in [-0.1, -0.05) is 63.2 Å². The third-order valence-corrected chi connectivity index (χ3v) is 4.55. The quantitative estimate of drug-likeness (QED) is 0.540. The van der Waals surface area contributed by atoms with Gasteiger partial charge in [0.15, 0.2) is 18.2 Å². The number of ketones is 1. The second-order valence-electron chi connectivity index (χ2n) is 7.83. The van der Waals surface area contributed by atoms with Gasteiger partial charge in [-0.05, 0) is 23.1 Å². The van der Waals surface area contributed by atoms with E-state index in [-0.39, 0.29) is 23.7 Å². The van der Waals surface area contributed by atoms with Crippen LogP contribution in [0.2, 0.25) is 0 Å². The number of carbonyl (C=O) groups is 2. The summed E-state index contributed by atoms with van der Waals surface area (Å²) in [5.74, 6) is -0.146. The van der Waals surface area contributed by atoms with Gasteiger partial charge in [-0.3, -0.25) is 9.59 Å². The maximum Gasteiger partial charge on any atom is 0.290 e. The molecule has 3 aromatic rings. The fourth-order valence-electron chi connectivity index (χ4n) is 2.89. The lowest BCUT2D eigenvalue weighted by atomic mass is 9.87. The van der Waals surface area contributed by atoms with Gasteiger partial charge in [0.1, 0.15) is 0 Å². The fourth-order valence-corrected chi connectivity index (χ4v) is 2.89. The highest BCUT2D eigenvalue weighted by Gasteiger charge is 2.15. The first-order valence-electron chi connectivity index (χ1n) is 9.32. The number of nitrogens with zero attached hydrogens (tertiary/aromatic N) is 1. The molecular formula is C24H25N2O2+. The molecule has 0 unspecified atom stereocenters. The number of carbonyl (C=O) groups excluding carboxylic acids is 2. The second-order valence-corrected chi connectivity index (χ2v) is 7.83. The van der Waals surface area contributed by atoms with Crippen LogP contribution in [0.5, 0.6) is 0 Å². The van der Waals surface area contributed by atoms with Gasteiger partial charge >= 0.3 is 0 Å². The second kappa shape index (κ2) is 8.17. The topological polar surface area (TPSA) is 50.1 Å². The molecule has 0 aliphatic heterocycles. The molecule has 2 aromatic carbocycles. The Morgan fingerprint density at radius 2 is 1.39 bits per heavy atom. The first-order valence-corrected chi connectivity index (χ1v) is 9.32. The third-order valence-electron chi connectivity index (χ3n) is 4.55. The van der Waals surface area contributed by atoms with Crippen molar-refractivity contribution < 1.29 is 14.2 Å². The Morgan fingerprint density at radius 3 is 1.96 bits per heavy atom. The largest absolute Gasteiger partial charge is 0.321 e. The van der Waals surface area contributed by atoms with E-state index in [0.29, 0.717) is 11.1 Å². The monoisotopic (exact) mass is 373 g/mol. The minimum absolute atomic E-state index is 0.0314. The molecule has 0 spiro atoms. The summed E-state index contributed by atoms with van der Waals surface area (Å²) < 4.78 is 1.75. The van der Waals surface area contributed by atoms with Crippen LogP contribution in [0.25, 0.3) is 0 Å². The molecule has 142 valence electrons. The van der Waals surface area contributed by atoms with E-state index in [2.05, 4.69) is 26.1 Å². The summed E-state index contributed by atoms with van der Waals surface area (Å²) in [4.78, 5) is 24.7.